The topological polar surface area (TPSA) is 54.6 Å². The number of aromatic amines is 1. The molecule has 2 aromatic carbocycles. The smallest absolute Gasteiger partial charge is 0.159 e. The van der Waals surface area contributed by atoms with Crippen LogP contribution in [-0.4, -0.2) is 43.0 Å². The van der Waals surface area contributed by atoms with Crippen LogP contribution in [0.3, 0.4) is 0 Å². The van der Waals surface area contributed by atoms with Gasteiger partial charge in [0.25, 0.3) is 0 Å². The number of hydrogen-bond donors (Lipinski definition) is 1. The molecule has 0 unspecified atom stereocenters. The fourth-order valence-electron chi connectivity index (χ4n) is 4.35. The molecule has 0 aliphatic carbocycles. The van der Waals surface area contributed by atoms with E-state index in [0.717, 1.165) is 60.6 Å². The number of benzene rings is 2. The van der Waals surface area contributed by atoms with Crippen LogP contribution >= 0.6 is 0 Å². The van der Waals surface area contributed by atoms with Gasteiger partial charge in [0.05, 0.1) is 14.2 Å². The Morgan fingerprint density at radius 2 is 1.90 bits per heavy atom. The summed E-state index contributed by atoms with van der Waals surface area (Å²) in [6, 6.07) is 11.9. The third-order valence-corrected chi connectivity index (χ3v) is 6.03. The molecule has 4 rings (SSSR count). The van der Waals surface area contributed by atoms with Crippen LogP contribution in [0.2, 0.25) is 0 Å². The average molecular weight is 392 g/mol. The molecule has 3 aromatic rings. The summed E-state index contributed by atoms with van der Waals surface area (Å²) < 4.78 is 10.9. The van der Waals surface area contributed by atoms with Crippen LogP contribution in [0, 0.1) is 0 Å². The quantitative estimate of drug-likeness (QED) is 0.614. The monoisotopic (exact) mass is 392 g/mol. The summed E-state index contributed by atoms with van der Waals surface area (Å²) in [6.45, 7) is 4.45. The summed E-state index contributed by atoms with van der Waals surface area (Å²) in [4.78, 5) is 17.6. The van der Waals surface area contributed by atoms with Crippen molar-refractivity contribution in [3.8, 4) is 11.5 Å². The van der Waals surface area contributed by atoms with Gasteiger partial charge in [0.15, 0.2) is 5.78 Å². The van der Waals surface area contributed by atoms with Crippen molar-refractivity contribution in [1.29, 1.82) is 0 Å². The second kappa shape index (κ2) is 8.29. The molecule has 5 nitrogen and oxygen atoms in total. The molecule has 1 fully saturated rings. The number of ketones is 1. The van der Waals surface area contributed by atoms with Crippen molar-refractivity contribution < 1.29 is 14.3 Å². The number of ether oxygens (including phenoxy) is 2. The van der Waals surface area contributed by atoms with Crippen LogP contribution in [0.4, 0.5) is 0 Å². The molecule has 152 valence electrons. The lowest BCUT2D eigenvalue weighted by Gasteiger charge is -2.32. The summed E-state index contributed by atoms with van der Waals surface area (Å²) in [5.41, 5.74) is 4.36. The van der Waals surface area contributed by atoms with Gasteiger partial charge in [-0.1, -0.05) is 0 Å². The minimum Gasteiger partial charge on any atom is -0.497 e. The first kappa shape index (κ1) is 19.5. The van der Waals surface area contributed by atoms with Crippen LogP contribution < -0.4 is 9.47 Å². The van der Waals surface area contributed by atoms with Crippen molar-refractivity contribution in [2.24, 2.45) is 0 Å². The Kier molecular flexibility index (Phi) is 5.58. The lowest BCUT2D eigenvalue weighted by atomic mass is 9.89. The maximum absolute atomic E-state index is 11.8. The number of aromatic nitrogens is 1. The Hall–Kier alpha value is -2.79. The first-order valence-corrected chi connectivity index (χ1v) is 10.1. The maximum Gasteiger partial charge on any atom is 0.159 e. The fraction of sp³-hybridized carbons (Fsp3) is 0.375. The van der Waals surface area contributed by atoms with Gasteiger partial charge in [-0.3, -0.25) is 9.69 Å². The highest BCUT2D eigenvalue weighted by Gasteiger charge is 2.24. The molecule has 29 heavy (non-hydrogen) atoms. The van der Waals surface area contributed by atoms with Crippen molar-refractivity contribution in [2.75, 3.05) is 27.3 Å². The van der Waals surface area contributed by atoms with Gasteiger partial charge in [0.2, 0.25) is 0 Å². The molecule has 2 heterocycles. The third-order valence-electron chi connectivity index (χ3n) is 6.03. The van der Waals surface area contributed by atoms with Crippen LogP contribution in [0.15, 0.2) is 42.6 Å². The zero-order valence-electron chi connectivity index (χ0n) is 17.3. The Morgan fingerprint density at radius 1 is 1.10 bits per heavy atom. The maximum atomic E-state index is 11.8. The van der Waals surface area contributed by atoms with Crippen molar-refractivity contribution in [2.45, 2.75) is 32.2 Å². The SMILES string of the molecule is COc1ccc2[nH]cc(C3CCN(Cc4cc(C(C)=O)ccc4OC)CC3)c2c1. The predicted octanol–water partition coefficient (Wildman–Crippen LogP) is 4.77. The minimum absolute atomic E-state index is 0.0855. The minimum atomic E-state index is 0.0855. The Bertz CT molecular complexity index is 1020. The zero-order chi connectivity index (χ0) is 20.4. The van der Waals surface area contributed by atoms with E-state index in [1.54, 1.807) is 21.1 Å². The lowest BCUT2D eigenvalue weighted by Crippen LogP contribution is -2.32. The number of nitrogens with zero attached hydrogens (tertiary/aromatic N) is 1. The van der Waals surface area contributed by atoms with E-state index >= 15 is 0 Å². The highest BCUT2D eigenvalue weighted by molar-refractivity contribution is 5.94. The molecule has 1 aliphatic rings. The standard InChI is InChI=1S/C24H28N2O3/c1-16(27)18-4-7-24(29-3)19(12-18)15-26-10-8-17(9-11-26)22-14-25-23-6-5-20(28-2)13-21(22)23/h4-7,12-14,17,25H,8-11,15H2,1-3H3. The highest BCUT2D eigenvalue weighted by Crippen LogP contribution is 2.35. The highest BCUT2D eigenvalue weighted by atomic mass is 16.5. The van der Waals surface area contributed by atoms with E-state index in [4.69, 9.17) is 9.47 Å². The van der Waals surface area contributed by atoms with E-state index in [-0.39, 0.29) is 5.78 Å². The molecule has 5 heteroatoms. The van der Waals surface area contributed by atoms with Gasteiger partial charge in [-0.05, 0) is 80.7 Å². The summed E-state index contributed by atoms with van der Waals surface area (Å²) in [6.07, 6.45) is 4.38. The summed E-state index contributed by atoms with van der Waals surface area (Å²) >= 11 is 0. The van der Waals surface area contributed by atoms with E-state index in [9.17, 15) is 4.79 Å². The zero-order valence-corrected chi connectivity index (χ0v) is 17.3. The number of Topliss-reactive ketones (excluding diaryl/α,β-unsaturated/α-hetero) is 1. The summed E-state index contributed by atoms with van der Waals surface area (Å²) in [5, 5.41) is 1.26. The molecular weight excluding hydrogens is 364 g/mol. The van der Waals surface area contributed by atoms with Gasteiger partial charge < -0.3 is 14.5 Å². The Morgan fingerprint density at radius 3 is 2.59 bits per heavy atom. The normalized spacial score (nSPS) is 15.6. The van der Waals surface area contributed by atoms with Crippen molar-refractivity contribution in [3.05, 3.63) is 59.3 Å². The fourth-order valence-corrected chi connectivity index (χ4v) is 4.35. The molecule has 0 amide bonds. The van der Waals surface area contributed by atoms with Crippen molar-refractivity contribution in [3.63, 3.8) is 0 Å². The number of carbonyl (C=O) groups is 1. The van der Waals surface area contributed by atoms with Crippen LogP contribution in [0.1, 0.15) is 47.2 Å². The van der Waals surface area contributed by atoms with E-state index in [1.807, 2.05) is 24.3 Å². The number of likely N-dealkylation sites (tertiary alicyclic amines) is 1. The molecule has 1 aliphatic heterocycles. The number of H-pyrrole nitrogens is 1. The number of carbonyl (C=O) groups excluding carboxylic acids is 1. The molecule has 1 N–H and O–H groups in total. The molecular formula is C24H28N2O3. The predicted molar refractivity (Wildman–Crippen MR) is 115 cm³/mol. The van der Waals surface area contributed by atoms with Gasteiger partial charge in [0.1, 0.15) is 11.5 Å². The number of methoxy groups -OCH3 is 2. The van der Waals surface area contributed by atoms with E-state index < -0.39 is 0 Å². The molecule has 1 saturated heterocycles. The first-order valence-electron chi connectivity index (χ1n) is 10.1. The molecule has 0 bridgehead atoms. The molecule has 0 atom stereocenters. The number of piperidine rings is 1. The van der Waals surface area contributed by atoms with Crippen molar-refractivity contribution in [1.82, 2.24) is 9.88 Å². The molecule has 1 aromatic heterocycles. The van der Waals surface area contributed by atoms with Crippen LogP contribution in [-0.2, 0) is 6.54 Å². The third kappa shape index (κ3) is 4.01. The summed E-state index contributed by atoms with van der Waals surface area (Å²) in [7, 11) is 3.39. The number of hydrogen-bond acceptors (Lipinski definition) is 4. The Balaban J connectivity index is 1.47. The van der Waals surface area contributed by atoms with Gasteiger partial charge in [-0.15, -0.1) is 0 Å². The largest absolute Gasteiger partial charge is 0.497 e. The molecule has 0 spiro atoms. The van der Waals surface area contributed by atoms with Gasteiger partial charge >= 0.3 is 0 Å². The Labute approximate surface area is 171 Å². The van der Waals surface area contributed by atoms with Gasteiger partial charge in [-0.2, -0.15) is 0 Å². The number of fused-ring (bicyclic) bond motifs is 1. The van der Waals surface area contributed by atoms with Crippen LogP contribution in [0.5, 0.6) is 11.5 Å². The second-order valence-electron chi connectivity index (χ2n) is 7.79. The number of nitrogens with one attached hydrogen (secondary N) is 1. The molecule has 0 radical (unpaired) electrons. The van der Waals surface area contributed by atoms with Crippen LogP contribution in [0.25, 0.3) is 10.9 Å². The first-order chi connectivity index (χ1) is 14.1. The lowest BCUT2D eigenvalue weighted by molar-refractivity contribution is 0.101. The van der Waals surface area contributed by atoms with E-state index in [1.165, 1.54) is 10.9 Å². The molecule has 0 saturated carbocycles. The van der Waals surface area contributed by atoms with E-state index in [0.29, 0.717) is 5.92 Å². The number of rotatable bonds is 6. The summed E-state index contributed by atoms with van der Waals surface area (Å²) in [5.74, 6) is 2.37. The van der Waals surface area contributed by atoms with Gasteiger partial charge in [0, 0.05) is 34.8 Å². The van der Waals surface area contributed by atoms with E-state index in [2.05, 4.69) is 28.2 Å². The van der Waals surface area contributed by atoms with Gasteiger partial charge in [-0.25, -0.2) is 0 Å². The average Bonchev–Trinajstić information content (AvgIpc) is 3.17. The second-order valence-corrected chi connectivity index (χ2v) is 7.79. The van der Waals surface area contributed by atoms with Crippen molar-refractivity contribution >= 4 is 16.7 Å².